The molecule has 2 aromatic carbocycles. The van der Waals surface area contributed by atoms with Gasteiger partial charge in [0.05, 0.1) is 5.56 Å². The number of hydrogen-bond donors (Lipinski definition) is 1. The molecule has 0 fully saturated rings. The summed E-state index contributed by atoms with van der Waals surface area (Å²) in [6.07, 6.45) is 3.99. The Morgan fingerprint density at radius 3 is 2.22 bits per heavy atom. The molecule has 0 aliphatic carbocycles. The maximum atomic E-state index is 12.6. The van der Waals surface area contributed by atoms with Gasteiger partial charge in [0, 0.05) is 34.4 Å². The number of hydrogen-bond acceptors (Lipinski definition) is 2. The average molecular weight is 399 g/mol. The highest BCUT2D eigenvalue weighted by atomic mass is 35.5. The zero-order valence-electron chi connectivity index (χ0n) is 14.9. The van der Waals surface area contributed by atoms with Crippen molar-refractivity contribution in [1.29, 1.82) is 0 Å². The Kier molecular flexibility index (Phi) is 6.49. The highest BCUT2D eigenvalue weighted by Crippen LogP contribution is 2.27. The van der Waals surface area contributed by atoms with E-state index in [9.17, 15) is 4.79 Å². The summed E-state index contributed by atoms with van der Waals surface area (Å²) in [7, 11) is 0. The molecule has 0 saturated heterocycles. The van der Waals surface area contributed by atoms with Crippen molar-refractivity contribution >= 4 is 29.1 Å². The summed E-state index contributed by atoms with van der Waals surface area (Å²) in [6.45, 7) is 2.02. The minimum Gasteiger partial charge on any atom is -0.349 e. The number of nitrogens with one attached hydrogen (secondary N) is 1. The zero-order chi connectivity index (χ0) is 19.2. The summed E-state index contributed by atoms with van der Waals surface area (Å²) in [5.74, 6) is -0.0465. The Bertz CT molecular complexity index is 880. The lowest BCUT2D eigenvalue weighted by Gasteiger charge is -2.26. The van der Waals surface area contributed by atoms with Crippen LogP contribution in [-0.4, -0.2) is 16.9 Å². The van der Waals surface area contributed by atoms with Crippen LogP contribution in [0.1, 0.15) is 34.3 Å². The Morgan fingerprint density at radius 1 is 1.00 bits per heavy atom. The predicted octanol–water partition coefficient (Wildman–Crippen LogP) is 5.53. The third-order valence-electron chi connectivity index (χ3n) is 4.55. The minimum absolute atomic E-state index is 0.0871. The van der Waals surface area contributed by atoms with E-state index in [2.05, 4.69) is 10.3 Å². The summed E-state index contributed by atoms with van der Waals surface area (Å²) in [5.41, 5.74) is 2.82. The van der Waals surface area contributed by atoms with E-state index in [1.54, 1.807) is 24.5 Å². The van der Waals surface area contributed by atoms with Crippen molar-refractivity contribution in [3.8, 4) is 0 Å². The summed E-state index contributed by atoms with van der Waals surface area (Å²) in [4.78, 5) is 16.6. The van der Waals surface area contributed by atoms with Crippen LogP contribution >= 0.6 is 23.2 Å². The molecule has 27 heavy (non-hydrogen) atoms. The minimum atomic E-state index is -0.134. The van der Waals surface area contributed by atoms with Gasteiger partial charge in [-0.3, -0.25) is 9.78 Å². The molecule has 0 aliphatic rings. The van der Waals surface area contributed by atoms with Gasteiger partial charge in [0.25, 0.3) is 5.91 Å². The molecule has 1 aromatic heterocycles. The van der Waals surface area contributed by atoms with Crippen molar-refractivity contribution in [2.24, 2.45) is 0 Å². The van der Waals surface area contributed by atoms with Crippen LogP contribution in [0.3, 0.4) is 0 Å². The van der Waals surface area contributed by atoms with E-state index in [1.165, 1.54) is 0 Å². The van der Waals surface area contributed by atoms with Gasteiger partial charge in [-0.1, -0.05) is 47.5 Å². The van der Waals surface area contributed by atoms with E-state index in [-0.39, 0.29) is 17.9 Å². The second-order valence-electron chi connectivity index (χ2n) is 6.49. The second-order valence-corrected chi connectivity index (χ2v) is 7.37. The summed E-state index contributed by atoms with van der Waals surface area (Å²) in [5, 5.41) is 4.50. The van der Waals surface area contributed by atoms with E-state index in [0.29, 0.717) is 15.6 Å². The van der Waals surface area contributed by atoms with Gasteiger partial charge < -0.3 is 5.32 Å². The molecule has 1 N–H and O–H groups in total. The molecule has 2 atom stereocenters. The summed E-state index contributed by atoms with van der Waals surface area (Å²) in [6, 6.07) is 19.0. The van der Waals surface area contributed by atoms with Gasteiger partial charge in [0.15, 0.2) is 0 Å². The molecule has 1 heterocycles. The maximum Gasteiger partial charge on any atom is 0.253 e. The fourth-order valence-corrected chi connectivity index (χ4v) is 3.31. The van der Waals surface area contributed by atoms with Crippen molar-refractivity contribution in [1.82, 2.24) is 10.3 Å². The molecule has 0 aliphatic heterocycles. The number of carbonyl (C=O) groups excluding carboxylic acids is 1. The van der Waals surface area contributed by atoms with Gasteiger partial charge in [-0.25, -0.2) is 0 Å². The monoisotopic (exact) mass is 398 g/mol. The second kappa shape index (κ2) is 9.03. The largest absolute Gasteiger partial charge is 0.349 e. The maximum absolute atomic E-state index is 12.6. The van der Waals surface area contributed by atoms with Crippen LogP contribution in [0.5, 0.6) is 0 Å². The average Bonchev–Trinajstić information content (AvgIpc) is 2.69. The lowest BCUT2D eigenvalue weighted by molar-refractivity contribution is 0.0934. The van der Waals surface area contributed by atoms with Gasteiger partial charge in [0.2, 0.25) is 0 Å². The normalized spacial score (nSPS) is 13.0. The molecule has 0 saturated carbocycles. The first-order valence-electron chi connectivity index (χ1n) is 8.74. The first kappa shape index (κ1) is 19.4. The van der Waals surface area contributed by atoms with Crippen molar-refractivity contribution in [2.75, 3.05) is 0 Å². The summed E-state index contributed by atoms with van der Waals surface area (Å²) < 4.78 is 0. The fourth-order valence-electron chi connectivity index (χ4n) is 3.06. The van der Waals surface area contributed by atoms with Crippen molar-refractivity contribution < 1.29 is 4.79 Å². The van der Waals surface area contributed by atoms with E-state index in [1.807, 2.05) is 55.5 Å². The number of nitrogens with zero attached hydrogens (tertiary/aromatic N) is 1. The number of halogens is 2. The molecule has 138 valence electrons. The summed E-state index contributed by atoms with van der Waals surface area (Å²) >= 11 is 12.1. The lowest BCUT2D eigenvalue weighted by atomic mass is 9.86. The lowest BCUT2D eigenvalue weighted by Crippen LogP contribution is -2.38. The number of rotatable bonds is 6. The van der Waals surface area contributed by atoms with Crippen LogP contribution in [0, 0.1) is 0 Å². The van der Waals surface area contributed by atoms with Crippen molar-refractivity contribution in [2.45, 2.75) is 25.3 Å². The Morgan fingerprint density at radius 2 is 1.63 bits per heavy atom. The van der Waals surface area contributed by atoms with Crippen molar-refractivity contribution in [3.63, 3.8) is 0 Å². The van der Waals surface area contributed by atoms with E-state index in [4.69, 9.17) is 23.2 Å². The third-order valence-corrected chi connectivity index (χ3v) is 5.06. The smallest absolute Gasteiger partial charge is 0.253 e. The number of aromatic nitrogens is 1. The number of benzene rings is 2. The predicted molar refractivity (Wildman–Crippen MR) is 111 cm³/mol. The van der Waals surface area contributed by atoms with E-state index >= 15 is 0 Å². The van der Waals surface area contributed by atoms with Crippen LogP contribution in [0.4, 0.5) is 0 Å². The molecular weight excluding hydrogens is 379 g/mol. The van der Waals surface area contributed by atoms with Gasteiger partial charge >= 0.3 is 0 Å². The molecule has 0 spiro atoms. The molecule has 3 rings (SSSR count). The van der Waals surface area contributed by atoms with Crippen LogP contribution in [0.15, 0.2) is 73.1 Å². The molecule has 2 unspecified atom stereocenters. The number of pyridine rings is 1. The first-order chi connectivity index (χ1) is 13.0. The zero-order valence-corrected chi connectivity index (χ0v) is 16.4. The molecule has 5 heteroatoms. The Hall–Kier alpha value is -2.36. The highest BCUT2D eigenvalue weighted by Gasteiger charge is 2.22. The van der Waals surface area contributed by atoms with Gasteiger partial charge in [0.1, 0.15) is 0 Å². The van der Waals surface area contributed by atoms with E-state index < -0.39 is 0 Å². The highest BCUT2D eigenvalue weighted by molar-refractivity contribution is 6.30. The Balaban J connectivity index is 1.82. The van der Waals surface area contributed by atoms with E-state index in [0.717, 1.165) is 17.5 Å². The molecule has 3 nitrogen and oxygen atoms in total. The molecule has 3 aromatic rings. The molecule has 0 radical (unpaired) electrons. The molecule has 0 bridgehead atoms. The van der Waals surface area contributed by atoms with Gasteiger partial charge in [-0.15, -0.1) is 0 Å². The molecular formula is C22H20Cl2N2O. The molecule has 1 amide bonds. The van der Waals surface area contributed by atoms with Crippen LogP contribution in [0.2, 0.25) is 10.0 Å². The van der Waals surface area contributed by atoms with Crippen LogP contribution < -0.4 is 5.32 Å². The van der Waals surface area contributed by atoms with Crippen LogP contribution in [0.25, 0.3) is 0 Å². The van der Waals surface area contributed by atoms with Gasteiger partial charge in [-0.05, 0) is 60.9 Å². The topological polar surface area (TPSA) is 42.0 Å². The number of amides is 1. The van der Waals surface area contributed by atoms with Crippen LogP contribution in [-0.2, 0) is 6.42 Å². The number of carbonyl (C=O) groups is 1. The fraction of sp³-hybridized carbons (Fsp3) is 0.182. The quantitative estimate of drug-likeness (QED) is 0.592. The van der Waals surface area contributed by atoms with Gasteiger partial charge in [-0.2, -0.15) is 0 Å². The third kappa shape index (κ3) is 5.31. The van der Waals surface area contributed by atoms with Crippen molar-refractivity contribution in [3.05, 3.63) is 99.8 Å². The standard InChI is InChI=1S/C22H20Cl2N2O/c1-15(26-22(27)18-3-2-12-25-14-18)21(17-6-10-20(24)11-7-17)13-16-4-8-19(23)9-5-16/h2-12,14-15,21H,13H2,1H3,(H,26,27). The SMILES string of the molecule is CC(NC(=O)c1cccnc1)C(Cc1ccc(Cl)cc1)c1ccc(Cl)cc1. The Labute approximate surface area is 169 Å². The first-order valence-corrected chi connectivity index (χ1v) is 9.49.